The molecule has 0 saturated carbocycles. The van der Waals surface area contributed by atoms with Gasteiger partial charge in [-0.15, -0.1) is 0 Å². The van der Waals surface area contributed by atoms with Crippen LogP contribution in [0.3, 0.4) is 0 Å². The molecule has 0 aliphatic rings. The quantitative estimate of drug-likeness (QED) is 0.387. The Labute approximate surface area is 195 Å². The molecule has 4 aromatic rings. The molecule has 1 amide bonds. The van der Waals surface area contributed by atoms with Crippen molar-refractivity contribution >= 4 is 33.3 Å². The number of aromatic nitrogens is 3. The maximum absolute atomic E-state index is 14.3. The molecule has 2 heterocycles. The van der Waals surface area contributed by atoms with Gasteiger partial charge in [-0.25, -0.2) is 9.37 Å². The largest absolute Gasteiger partial charge is 0.366 e. The van der Waals surface area contributed by atoms with E-state index in [0.717, 1.165) is 10.0 Å². The number of rotatable bonds is 5. The van der Waals surface area contributed by atoms with Gasteiger partial charge in [0.05, 0.1) is 16.4 Å². The summed E-state index contributed by atoms with van der Waals surface area (Å²) in [4.78, 5) is 18.1. The fourth-order valence-electron chi connectivity index (χ4n) is 3.08. The third-order valence-electron chi connectivity index (χ3n) is 4.66. The van der Waals surface area contributed by atoms with E-state index in [1.54, 1.807) is 66.1 Å². The van der Waals surface area contributed by atoms with Crippen molar-refractivity contribution in [2.45, 2.75) is 20.4 Å². The first-order valence-electron chi connectivity index (χ1n) is 10.3. The highest BCUT2D eigenvalue weighted by Crippen LogP contribution is 2.27. The molecule has 0 spiro atoms. The van der Waals surface area contributed by atoms with Gasteiger partial charge in [0.15, 0.2) is 5.65 Å². The van der Waals surface area contributed by atoms with Gasteiger partial charge in [-0.1, -0.05) is 38.1 Å². The summed E-state index contributed by atoms with van der Waals surface area (Å²) in [5.41, 5.74) is 3.14. The minimum absolute atomic E-state index is 0.0405. The predicted octanol–water partition coefficient (Wildman–Crippen LogP) is 5.64. The van der Waals surface area contributed by atoms with Crippen molar-refractivity contribution in [2.75, 3.05) is 19.4 Å². The van der Waals surface area contributed by atoms with Crippen molar-refractivity contribution in [1.82, 2.24) is 19.5 Å². The fourth-order valence-corrected chi connectivity index (χ4v) is 3.43. The summed E-state index contributed by atoms with van der Waals surface area (Å²) >= 11 is 3.45. The highest BCUT2D eigenvalue weighted by atomic mass is 79.9. The molecule has 0 aliphatic heterocycles. The van der Waals surface area contributed by atoms with Crippen LogP contribution < -0.4 is 5.32 Å². The Balaban J connectivity index is 0.00000141. The lowest BCUT2D eigenvalue weighted by molar-refractivity contribution is 0.0827. The Morgan fingerprint density at radius 2 is 1.81 bits per heavy atom. The van der Waals surface area contributed by atoms with Crippen molar-refractivity contribution in [3.05, 3.63) is 82.2 Å². The van der Waals surface area contributed by atoms with Crippen LogP contribution in [0.15, 0.2) is 65.3 Å². The van der Waals surface area contributed by atoms with Crippen LogP contribution in [0, 0.1) is 5.82 Å². The van der Waals surface area contributed by atoms with Crippen LogP contribution in [-0.2, 0) is 6.54 Å². The molecule has 0 atom stereocenters. The molecule has 0 radical (unpaired) electrons. The smallest absolute Gasteiger partial charge is 0.253 e. The standard InChI is InChI=1S/C22H19BrFN5O.C2H6/c1-28(2)22(30)15-9-7-14(8-10-15)12-25-20-11-19(16-5-3-4-6-18(16)24)27-21-17(23)13-26-29(20)21;1-2/h3-11,13,25H,12H2,1-2H3;1-2H3. The third-order valence-corrected chi connectivity index (χ3v) is 5.22. The Kier molecular flexibility index (Phi) is 7.58. The van der Waals surface area contributed by atoms with Gasteiger partial charge >= 0.3 is 0 Å². The van der Waals surface area contributed by atoms with E-state index in [1.807, 2.05) is 26.0 Å². The van der Waals surface area contributed by atoms with Crippen LogP contribution in [-0.4, -0.2) is 39.5 Å². The summed E-state index contributed by atoms with van der Waals surface area (Å²) in [5.74, 6) is 0.302. The van der Waals surface area contributed by atoms with Gasteiger partial charge in [-0.3, -0.25) is 4.79 Å². The first-order chi connectivity index (χ1) is 15.4. The molecule has 0 fully saturated rings. The maximum Gasteiger partial charge on any atom is 0.253 e. The summed E-state index contributed by atoms with van der Waals surface area (Å²) in [6.45, 7) is 4.50. The molecule has 0 unspecified atom stereocenters. The van der Waals surface area contributed by atoms with Crippen molar-refractivity contribution in [1.29, 1.82) is 0 Å². The fraction of sp³-hybridized carbons (Fsp3) is 0.208. The third kappa shape index (κ3) is 4.96. The number of fused-ring (bicyclic) bond motifs is 1. The normalized spacial score (nSPS) is 10.4. The van der Waals surface area contributed by atoms with Crippen molar-refractivity contribution in [2.24, 2.45) is 0 Å². The molecule has 0 saturated heterocycles. The number of nitrogens with one attached hydrogen (secondary N) is 1. The molecule has 166 valence electrons. The second kappa shape index (κ2) is 10.4. The first-order valence-corrected chi connectivity index (χ1v) is 11.1. The van der Waals surface area contributed by atoms with E-state index in [0.29, 0.717) is 34.8 Å². The number of amides is 1. The van der Waals surface area contributed by atoms with Gasteiger partial charge in [0.1, 0.15) is 11.6 Å². The number of carbonyl (C=O) groups is 1. The monoisotopic (exact) mass is 497 g/mol. The second-order valence-corrected chi connectivity index (χ2v) is 7.84. The molecule has 0 bridgehead atoms. The molecular weight excluding hydrogens is 473 g/mol. The van der Waals surface area contributed by atoms with Crippen molar-refractivity contribution in [3.8, 4) is 11.3 Å². The number of hydrogen-bond acceptors (Lipinski definition) is 4. The van der Waals surface area contributed by atoms with Crippen molar-refractivity contribution < 1.29 is 9.18 Å². The molecule has 8 heteroatoms. The van der Waals surface area contributed by atoms with Crippen LogP contribution >= 0.6 is 15.9 Å². The zero-order chi connectivity index (χ0) is 23.3. The minimum atomic E-state index is -0.336. The highest BCUT2D eigenvalue weighted by Gasteiger charge is 2.14. The topological polar surface area (TPSA) is 62.5 Å². The number of halogens is 2. The van der Waals surface area contributed by atoms with E-state index in [1.165, 1.54) is 6.07 Å². The van der Waals surface area contributed by atoms with Gasteiger partial charge < -0.3 is 10.2 Å². The summed E-state index contributed by atoms with van der Waals surface area (Å²) < 4.78 is 16.7. The summed E-state index contributed by atoms with van der Waals surface area (Å²) in [6, 6.07) is 15.7. The second-order valence-electron chi connectivity index (χ2n) is 6.98. The van der Waals surface area contributed by atoms with Crippen LogP contribution in [0.4, 0.5) is 10.2 Å². The lowest BCUT2D eigenvalue weighted by Crippen LogP contribution is -2.21. The average molecular weight is 498 g/mol. The molecule has 1 N–H and O–H groups in total. The molecule has 4 rings (SSSR count). The van der Waals surface area contributed by atoms with Crippen LogP contribution in [0.25, 0.3) is 16.9 Å². The van der Waals surface area contributed by atoms with Crippen molar-refractivity contribution in [3.63, 3.8) is 0 Å². The van der Waals surface area contributed by atoms with E-state index < -0.39 is 0 Å². The van der Waals surface area contributed by atoms with E-state index in [9.17, 15) is 9.18 Å². The predicted molar refractivity (Wildman–Crippen MR) is 129 cm³/mol. The molecule has 0 aliphatic carbocycles. The van der Waals surface area contributed by atoms with Gasteiger partial charge in [0, 0.05) is 37.8 Å². The number of anilines is 1. The number of nitrogens with zero attached hydrogens (tertiary/aromatic N) is 4. The molecule has 6 nitrogen and oxygen atoms in total. The Morgan fingerprint density at radius 1 is 1.12 bits per heavy atom. The Morgan fingerprint density at radius 3 is 2.47 bits per heavy atom. The lowest BCUT2D eigenvalue weighted by atomic mass is 10.1. The summed E-state index contributed by atoms with van der Waals surface area (Å²) in [7, 11) is 3.45. The summed E-state index contributed by atoms with van der Waals surface area (Å²) in [6.07, 6.45) is 1.65. The number of carbonyl (C=O) groups excluding carboxylic acids is 1. The van der Waals surface area contributed by atoms with E-state index >= 15 is 0 Å². The van der Waals surface area contributed by atoms with Crippen LogP contribution in [0.2, 0.25) is 0 Å². The maximum atomic E-state index is 14.3. The number of benzene rings is 2. The Bertz CT molecular complexity index is 1220. The van der Waals surface area contributed by atoms with Crippen LogP contribution in [0.5, 0.6) is 0 Å². The zero-order valence-corrected chi connectivity index (χ0v) is 20.0. The SMILES string of the molecule is CC.CN(C)C(=O)c1ccc(CNc2cc(-c3ccccc3F)nc3c(Br)cnn23)cc1. The number of hydrogen-bond donors (Lipinski definition) is 1. The summed E-state index contributed by atoms with van der Waals surface area (Å²) in [5, 5.41) is 7.69. The average Bonchev–Trinajstić information content (AvgIpc) is 3.19. The lowest BCUT2D eigenvalue weighted by Gasteiger charge is -2.13. The van der Waals surface area contributed by atoms with Gasteiger partial charge in [-0.05, 0) is 45.8 Å². The van der Waals surface area contributed by atoms with Crippen LogP contribution in [0.1, 0.15) is 29.8 Å². The van der Waals surface area contributed by atoms with Gasteiger partial charge in [0.25, 0.3) is 5.91 Å². The molecule has 2 aromatic heterocycles. The first kappa shape index (κ1) is 23.4. The molecule has 2 aromatic carbocycles. The molecular formula is C24H25BrFN5O. The molecule has 32 heavy (non-hydrogen) atoms. The minimum Gasteiger partial charge on any atom is -0.366 e. The highest BCUT2D eigenvalue weighted by molar-refractivity contribution is 9.10. The Hall–Kier alpha value is -3.26. The van der Waals surface area contributed by atoms with E-state index in [-0.39, 0.29) is 11.7 Å². The zero-order valence-electron chi connectivity index (χ0n) is 18.4. The van der Waals surface area contributed by atoms with E-state index in [4.69, 9.17) is 0 Å². The van der Waals surface area contributed by atoms with E-state index in [2.05, 4.69) is 31.3 Å². The van der Waals surface area contributed by atoms with Gasteiger partial charge in [-0.2, -0.15) is 9.61 Å². The van der Waals surface area contributed by atoms with Gasteiger partial charge in [0.2, 0.25) is 0 Å².